The maximum atomic E-state index is 14.4. The standard InChI is InChI=1S/C57H73ClN14O5/c1-59-57(20-24-69(25-21-57)50-44-14-22-60-49(44)61-39-62-50)53(74)65-45(41-8-10-43(58)11-9-41)15-23-67-26-32-71(33-27-67)54(75)55-16-18-56(19-17-55,77-38-55)37-68-28-30-70(31-29-68)52(73)47-13-12-46-51(64-47)72(40-63-46)36-42-6-4-5-7-48(42)76-35-34-66(2)3/h4-14,22,39-40,45,59H,15-21,23-38H2,1-3H3,(H,65,74)(H,60,61,62)/t45-,55?,56?/m0/s1. The number of pyridine rings is 1. The van der Waals surface area contributed by atoms with Gasteiger partial charge in [-0.25, -0.2) is 19.9 Å². The number of aromatic amines is 1. The maximum Gasteiger partial charge on any atom is 0.272 e. The zero-order chi connectivity index (χ0) is 53.2. The van der Waals surface area contributed by atoms with Crippen LogP contribution in [0.3, 0.4) is 0 Å². The van der Waals surface area contributed by atoms with Crippen LogP contribution in [-0.2, 0) is 20.9 Å². The highest BCUT2D eigenvalue weighted by Crippen LogP contribution is 2.50. The summed E-state index contributed by atoms with van der Waals surface area (Å²) in [5.74, 6) is 1.86. The third kappa shape index (κ3) is 11.3. The van der Waals surface area contributed by atoms with E-state index in [0.717, 1.165) is 117 Å². The summed E-state index contributed by atoms with van der Waals surface area (Å²) in [4.78, 5) is 77.4. The van der Waals surface area contributed by atoms with Gasteiger partial charge in [-0.2, -0.15) is 0 Å². The number of nitrogens with zero attached hydrogens (tertiary/aromatic N) is 11. The molecule has 0 unspecified atom stereocenters. The predicted octanol–water partition coefficient (Wildman–Crippen LogP) is 5.08. The van der Waals surface area contributed by atoms with Crippen molar-refractivity contribution in [2.24, 2.45) is 5.41 Å². The SMILES string of the molecule is CNC1(C(=O)N[C@@H](CCN2CCN(C(=O)C34CCC(CN5CCN(C(=O)c6ccc7ncn(Cc8ccccc8OCCN(C)C)c7n6)CC5)(CC3)OC4)CC2)c2ccc(Cl)cc2)CCN(c2ncnc3[nH]ccc23)CC1. The van der Waals surface area contributed by atoms with E-state index < -0.39 is 11.0 Å². The molecule has 2 bridgehead atoms. The summed E-state index contributed by atoms with van der Waals surface area (Å²) in [7, 11) is 5.93. The van der Waals surface area contributed by atoms with E-state index in [1.165, 1.54) is 0 Å². The summed E-state index contributed by atoms with van der Waals surface area (Å²) < 4.78 is 14.9. The molecule has 6 aromatic rings. The van der Waals surface area contributed by atoms with Crippen LogP contribution in [0.1, 0.15) is 72.6 Å². The fourth-order valence-electron chi connectivity index (χ4n) is 12.3. The highest BCUT2D eigenvalue weighted by atomic mass is 35.5. The molecular formula is C57H73ClN14O5. The van der Waals surface area contributed by atoms with Gasteiger partial charge in [0.15, 0.2) is 5.65 Å². The molecule has 5 saturated heterocycles. The zero-order valence-electron chi connectivity index (χ0n) is 44.8. The van der Waals surface area contributed by atoms with Gasteiger partial charge in [-0.05, 0) is 108 Å². The van der Waals surface area contributed by atoms with Gasteiger partial charge in [-0.1, -0.05) is 41.9 Å². The third-order valence-corrected chi connectivity index (χ3v) is 17.6. The van der Waals surface area contributed by atoms with Crippen LogP contribution in [0.15, 0.2) is 85.6 Å². The van der Waals surface area contributed by atoms with E-state index in [0.29, 0.717) is 88.2 Å². The monoisotopic (exact) mass is 1070 g/mol. The number of hydrogen-bond donors (Lipinski definition) is 3. The summed E-state index contributed by atoms with van der Waals surface area (Å²) in [6, 6.07) is 21.3. The molecule has 408 valence electrons. The molecule has 19 nitrogen and oxygen atoms in total. The number of carbonyl (C=O) groups excluding carboxylic acids is 3. The molecule has 77 heavy (non-hydrogen) atoms. The topological polar surface area (TPSA) is 185 Å². The molecule has 20 heteroatoms. The molecule has 5 aliphatic heterocycles. The van der Waals surface area contributed by atoms with Gasteiger partial charge < -0.3 is 49.3 Å². The Morgan fingerprint density at radius 3 is 2.30 bits per heavy atom. The number of rotatable bonds is 18. The molecule has 9 heterocycles. The number of piperidine rings is 1. The smallest absolute Gasteiger partial charge is 0.272 e. The molecule has 2 aromatic carbocycles. The Morgan fingerprint density at radius 2 is 1.57 bits per heavy atom. The van der Waals surface area contributed by atoms with Crippen molar-refractivity contribution in [3.63, 3.8) is 0 Å². The van der Waals surface area contributed by atoms with Gasteiger partial charge in [0.2, 0.25) is 11.8 Å². The van der Waals surface area contributed by atoms with Crippen LogP contribution < -0.4 is 20.3 Å². The summed E-state index contributed by atoms with van der Waals surface area (Å²) in [6.45, 7) is 10.9. The number of H-pyrrole nitrogens is 1. The van der Waals surface area contributed by atoms with Gasteiger partial charge in [0.05, 0.1) is 41.9 Å². The van der Waals surface area contributed by atoms with Crippen LogP contribution in [0.25, 0.3) is 22.2 Å². The number of carbonyl (C=O) groups is 3. The number of benzene rings is 2. The van der Waals surface area contributed by atoms with E-state index in [4.69, 9.17) is 26.1 Å². The quantitative estimate of drug-likeness (QED) is 0.104. The Balaban J connectivity index is 0.636. The number of piperazine rings is 2. The highest BCUT2D eigenvalue weighted by Gasteiger charge is 2.55. The molecule has 4 aromatic heterocycles. The second-order valence-corrected chi connectivity index (χ2v) is 22.7. The average molecular weight is 1070 g/mol. The fraction of sp³-hybridized carbons (Fsp3) is 0.526. The molecule has 3 amide bonds. The van der Waals surface area contributed by atoms with Gasteiger partial charge in [0, 0.05) is 102 Å². The van der Waals surface area contributed by atoms with Gasteiger partial charge >= 0.3 is 0 Å². The number of imidazole rings is 1. The lowest BCUT2D eigenvalue weighted by Crippen LogP contribution is -2.63. The van der Waals surface area contributed by atoms with E-state index in [-0.39, 0.29) is 29.4 Å². The van der Waals surface area contributed by atoms with Crippen molar-refractivity contribution >= 4 is 57.3 Å². The van der Waals surface area contributed by atoms with Crippen LogP contribution in [0.5, 0.6) is 5.75 Å². The van der Waals surface area contributed by atoms with E-state index in [1.54, 1.807) is 18.7 Å². The second-order valence-electron chi connectivity index (χ2n) is 22.2. The minimum absolute atomic E-state index is 0.00585. The molecule has 6 aliphatic rings. The van der Waals surface area contributed by atoms with Crippen molar-refractivity contribution in [3.05, 3.63) is 107 Å². The number of ether oxygens (including phenoxy) is 2. The van der Waals surface area contributed by atoms with Gasteiger partial charge in [0.25, 0.3) is 5.91 Å². The van der Waals surface area contributed by atoms with Crippen LogP contribution in [0.4, 0.5) is 5.82 Å². The van der Waals surface area contributed by atoms with Crippen molar-refractivity contribution in [2.75, 3.05) is 124 Å². The van der Waals surface area contributed by atoms with Crippen molar-refractivity contribution in [2.45, 2.75) is 68.7 Å². The van der Waals surface area contributed by atoms with Gasteiger partial charge in [-0.3, -0.25) is 24.2 Å². The number of halogens is 1. The van der Waals surface area contributed by atoms with E-state index in [1.807, 2.05) is 91.4 Å². The Labute approximate surface area is 455 Å². The minimum Gasteiger partial charge on any atom is -0.492 e. The number of nitrogens with one attached hydrogen (secondary N) is 3. The number of hydrogen-bond acceptors (Lipinski definition) is 14. The maximum absolute atomic E-state index is 14.4. The first-order chi connectivity index (χ1) is 37.4. The second kappa shape index (κ2) is 22.6. The molecule has 12 rings (SSSR count). The molecule has 0 spiro atoms. The van der Waals surface area contributed by atoms with E-state index in [9.17, 15) is 14.4 Å². The van der Waals surface area contributed by atoms with Crippen molar-refractivity contribution in [3.8, 4) is 5.75 Å². The van der Waals surface area contributed by atoms with Crippen LogP contribution in [0.2, 0.25) is 5.02 Å². The molecular weight excluding hydrogens is 996 g/mol. The highest BCUT2D eigenvalue weighted by molar-refractivity contribution is 6.30. The molecule has 6 fully saturated rings. The van der Waals surface area contributed by atoms with Crippen LogP contribution >= 0.6 is 11.6 Å². The minimum atomic E-state index is -0.726. The average Bonchev–Trinajstić information content (AvgIpc) is 4.16. The number of likely N-dealkylation sites (N-methyl/N-ethyl adjacent to an activating group) is 2. The molecule has 1 saturated carbocycles. The predicted molar refractivity (Wildman–Crippen MR) is 296 cm³/mol. The number of fused-ring (bicyclic) bond motifs is 5. The summed E-state index contributed by atoms with van der Waals surface area (Å²) >= 11 is 6.34. The number of anilines is 1. The Hall–Kier alpha value is -6.22. The Morgan fingerprint density at radius 1 is 0.831 bits per heavy atom. The third-order valence-electron chi connectivity index (χ3n) is 17.3. The lowest BCUT2D eigenvalue weighted by atomic mass is 9.65. The van der Waals surface area contributed by atoms with Crippen molar-refractivity contribution < 1.29 is 23.9 Å². The summed E-state index contributed by atoms with van der Waals surface area (Å²) in [6.07, 6.45) is 10.6. The van der Waals surface area contributed by atoms with Crippen molar-refractivity contribution in [1.82, 2.24) is 64.6 Å². The fourth-order valence-corrected chi connectivity index (χ4v) is 12.5. The number of para-hydroxylation sites is 1. The molecule has 0 radical (unpaired) electrons. The molecule has 1 aliphatic carbocycles. The number of aromatic nitrogens is 6. The summed E-state index contributed by atoms with van der Waals surface area (Å²) in [5, 5.41) is 8.50. The first-order valence-electron chi connectivity index (χ1n) is 27.5. The van der Waals surface area contributed by atoms with Crippen molar-refractivity contribution in [1.29, 1.82) is 0 Å². The lowest BCUT2D eigenvalue weighted by Gasteiger charge is -2.55. The first kappa shape index (κ1) is 52.8. The van der Waals surface area contributed by atoms with Crippen LogP contribution in [-0.4, -0.2) is 202 Å². The Kier molecular flexibility index (Phi) is 15.5. The molecule has 3 N–H and O–H groups in total. The zero-order valence-corrected chi connectivity index (χ0v) is 45.5. The van der Waals surface area contributed by atoms with E-state index in [2.05, 4.69) is 61.1 Å². The van der Waals surface area contributed by atoms with E-state index >= 15 is 0 Å². The summed E-state index contributed by atoms with van der Waals surface area (Å²) in [5.41, 5.74) is 3.19. The van der Waals surface area contributed by atoms with Crippen LogP contribution in [0, 0.1) is 5.41 Å². The number of amides is 3. The van der Waals surface area contributed by atoms with Gasteiger partial charge in [-0.15, -0.1) is 0 Å². The molecule has 1 atom stereocenters. The normalized spacial score (nSPS) is 22.5. The lowest BCUT2D eigenvalue weighted by molar-refractivity contribution is -0.203. The Bertz CT molecular complexity index is 3010. The largest absolute Gasteiger partial charge is 0.492 e. The van der Waals surface area contributed by atoms with Gasteiger partial charge in [0.1, 0.15) is 46.9 Å². The first-order valence-corrected chi connectivity index (χ1v) is 27.9.